The summed E-state index contributed by atoms with van der Waals surface area (Å²) in [7, 11) is -1.96. The summed E-state index contributed by atoms with van der Waals surface area (Å²) in [5, 5.41) is 1.07. The molecule has 2 heterocycles. The van der Waals surface area contributed by atoms with Crippen molar-refractivity contribution in [3.63, 3.8) is 0 Å². The van der Waals surface area contributed by atoms with E-state index in [4.69, 9.17) is 0 Å². The molecule has 1 aromatic heterocycles. The van der Waals surface area contributed by atoms with Gasteiger partial charge in [0.25, 0.3) is 10.0 Å². The lowest BCUT2D eigenvalue weighted by Gasteiger charge is -2.39. The Morgan fingerprint density at radius 1 is 0.842 bits per heavy atom. The summed E-state index contributed by atoms with van der Waals surface area (Å²) in [6.45, 7) is 1.94. The number of carbonyl (C=O) groups excluding carboxylic acids is 1. The molecule has 1 saturated carbocycles. The van der Waals surface area contributed by atoms with Crippen LogP contribution in [0, 0.1) is 12.8 Å². The lowest BCUT2D eigenvalue weighted by molar-refractivity contribution is -0.124. The number of Topliss-reactive ketones (excluding diaryl/α,β-unsaturated/α-hetero) is 1. The Hall–Kier alpha value is -3.64. The molecule has 0 amide bonds. The van der Waals surface area contributed by atoms with Gasteiger partial charge in [-0.05, 0) is 43.5 Å². The van der Waals surface area contributed by atoms with Crippen molar-refractivity contribution in [1.82, 2.24) is 8.87 Å². The van der Waals surface area contributed by atoms with Gasteiger partial charge in [-0.25, -0.2) is 8.42 Å². The molecule has 5 nitrogen and oxygen atoms in total. The lowest BCUT2D eigenvalue weighted by Crippen LogP contribution is -2.41. The molecule has 38 heavy (non-hydrogen) atoms. The minimum atomic E-state index is -3.96. The molecule has 0 bridgehead atoms. The zero-order valence-electron chi connectivity index (χ0n) is 21.8. The summed E-state index contributed by atoms with van der Waals surface area (Å²) in [5.74, 6) is -0.252. The van der Waals surface area contributed by atoms with E-state index in [1.807, 2.05) is 68.6 Å². The monoisotopic (exact) mass is 524 g/mol. The molecule has 0 radical (unpaired) electrons. The number of rotatable bonds is 4. The fourth-order valence-electron chi connectivity index (χ4n) is 6.21. The van der Waals surface area contributed by atoms with Crippen LogP contribution in [0.25, 0.3) is 16.5 Å². The maximum atomic E-state index is 14.4. The molecule has 2 aliphatic rings. The Morgan fingerprint density at radius 2 is 1.55 bits per heavy atom. The number of sulfonamides is 1. The number of fused-ring (bicyclic) bond motifs is 3. The van der Waals surface area contributed by atoms with Crippen LogP contribution in [0.5, 0.6) is 0 Å². The van der Waals surface area contributed by atoms with Crippen molar-refractivity contribution in [2.45, 2.75) is 50.0 Å². The zero-order chi connectivity index (χ0) is 26.4. The summed E-state index contributed by atoms with van der Waals surface area (Å²) < 4.78 is 32.5. The predicted octanol–water partition coefficient (Wildman–Crippen LogP) is 6.77. The Bertz CT molecular complexity index is 1650. The second-order valence-corrected chi connectivity index (χ2v) is 12.4. The van der Waals surface area contributed by atoms with Crippen LogP contribution < -0.4 is 0 Å². The van der Waals surface area contributed by atoms with Gasteiger partial charge in [0, 0.05) is 47.6 Å². The summed E-state index contributed by atoms with van der Waals surface area (Å²) in [4.78, 5) is 13.8. The number of ketones is 1. The van der Waals surface area contributed by atoms with E-state index < -0.39 is 22.0 Å². The van der Waals surface area contributed by atoms with E-state index in [0.717, 1.165) is 58.1 Å². The van der Waals surface area contributed by atoms with Gasteiger partial charge >= 0.3 is 0 Å². The van der Waals surface area contributed by atoms with Gasteiger partial charge in [-0.1, -0.05) is 79.1 Å². The highest BCUT2D eigenvalue weighted by molar-refractivity contribution is 7.89. The number of aryl methyl sites for hydroxylation is 2. The highest BCUT2D eigenvalue weighted by Gasteiger charge is 2.45. The van der Waals surface area contributed by atoms with Crippen LogP contribution in [0.2, 0.25) is 0 Å². The first-order chi connectivity index (χ1) is 18.4. The number of hydrogen-bond acceptors (Lipinski definition) is 3. The van der Waals surface area contributed by atoms with Crippen molar-refractivity contribution in [1.29, 1.82) is 0 Å². The number of benzene rings is 3. The van der Waals surface area contributed by atoms with Gasteiger partial charge in [0.2, 0.25) is 0 Å². The van der Waals surface area contributed by atoms with Crippen LogP contribution in [0.4, 0.5) is 0 Å². The first kappa shape index (κ1) is 24.7. The smallest absolute Gasteiger partial charge is 0.264 e. The average molecular weight is 525 g/mol. The Kier molecular flexibility index (Phi) is 6.23. The average Bonchev–Trinajstić information content (AvgIpc) is 3.07. The van der Waals surface area contributed by atoms with Crippen LogP contribution in [0.3, 0.4) is 0 Å². The molecular formula is C32H32N2O3S. The van der Waals surface area contributed by atoms with Gasteiger partial charge in [-0.3, -0.25) is 9.10 Å². The zero-order valence-corrected chi connectivity index (χ0v) is 22.6. The van der Waals surface area contributed by atoms with E-state index in [9.17, 15) is 13.2 Å². The SMILES string of the molecule is Cc1ccc(S(=O)(=O)N2C=C(c3ccccc3)c3c(n(C)c4ccccc34)[C@H]2[C@@H]2CCCCCC2=O)cc1. The van der Waals surface area contributed by atoms with Crippen LogP contribution in [0.1, 0.15) is 60.5 Å². The molecule has 2 atom stereocenters. The number of nitrogens with zero attached hydrogens (tertiary/aromatic N) is 2. The second kappa shape index (κ2) is 9.59. The van der Waals surface area contributed by atoms with Gasteiger partial charge in [0.1, 0.15) is 5.78 Å². The minimum absolute atomic E-state index is 0.157. The molecule has 1 fully saturated rings. The molecule has 194 valence electrons. The van der Waals surface area contributed by atoms with Gasteiger partial charge in [0.05, 0.1) is 16.6 Å². The Morgan fingerprint density at radius 3 is 2.32 bits per heavy atom. The maximum Gasteiger partial charge on any atom is 0.264 e. The van der Waals surface area contributed by atoms with Gasteiger partial charge in [-0.15, -0.1) is 0 Å². The fourth-order valence-corrected chi connectivity index (χ4v) is 7.72. The van der Waals surface area contributed by atoms with Crippen LogP contribution in [-0.2, 0) is 21.9 Å². The number of para-hydroxylation sites is 1. The topological polar surface area (TPSA) is 59.4 Å². The molecule has 1 aliphatic heterocycles. The molecule has 0 spiro atoms. The number of hydrogen-bond donors (Lipinski definition) is 0. The van der Waals surface area contributed by atoms with E-state index >= 15 is 0 Å². The fraction of sp³-hybridized carbons (Fsp3) is 0.281. The van der Waals surface area contributed by atoms with E-state index in [1.165, 1.54) is 4.31 Å². The first-order valence-electron chi connectivity index (χ1n) is 13.4. The summed E-state index contributed by atoms with van der Waals surface area (Å²) in [6, 6.07) is 24.5. The van der Waals surface area contributed by atoms with Gasteiger partial charge in [-0.2, -0.15) is 0 Å². The quantitative estimate of drug-likeness (QED) is 0.277. The molecule has 3 aromatic carbocycles. The van der Waals surface area contributed by atoms with E-state index in [-0.39, 0.29) is 10.7 Å². The Balaban J connectivity index is 1.67. The predicted molar refractivity (Wildman–Crippen MR) is 151 cm³/mol. The first-order valence-corrected chi connectivity index (χ1v) is 14.8. The third kappa shape index (κ3) is 3.99. The normalized spacial score (nSPS) is 20.2. The van der Waals surface area contributed by atoms with Crippen molar-refractivity contribution in [2.75, 3.05) is 0 Å². The van der Waals surface area contributed by atoms with Crippen molar-refractivity contribution in [2.24, 2.45) is 13.0 Å². The molecule has 0 unspecified atom stereocenters. The third-order valence-electron chi connectivity index (χ3n) is 8.15. The van der Waals surface area contributed by atoms with Crippen LogP contribution >= 0.6 is 0 Å². The van der Waals surface area contributed by atoms with Crippen LogP contribution in [0.15, 0.2) is 90.0 Å². The van der Waals surface area contributed by atoms with E-state index in [2.05, 4.69) is 16.7 Å². The van der Waals surface area contributed by atoms with E-state index in [1.54, 1.807) is 18.3 Å². The van der Waals surface area contributed by atoms with Crippen molar-refractivity contribution in [3.05, 3.63) is 107 Å². The van der Waals surface area contributed by atoms with Crippen molar-refractivity contribution >= 4 is 32.3 Å². The molecule has 6 rings (SSSR count). The molecule has 1 aliphatic carbocycles. The second-order valence-electron chi connectivity index (χ2n) is 10.5. The lowest BCUT2D eigenvalue weighted by atomic mass is 9.83. The number of carbonyl (C=O) groups is 1. The largest absolute Gasteiger partial charge is 0.345 e. The van der Waals surface area contributed by atoms with E-state index in [0.29, 0.717) is 12.8 Å². The van der Waals surface area contributed by atoms with Gasteiger partial charge < -0.3 is 4.57 Å². The van der Waals surface area contributed by atoms with Crippen molar-refractivity contribution < 1.29 is 13.2 Å². The Labute approximate surface area is 224 Å². The molecule has 4 aromatic rings. The molecular weight excluding hydrogens is 492 g/mol. The highest BCUT2D eigenvalue weighted by atomic mass is 32.2. The molecule has 0 N–H and O–H groups in total. The molecule has 6 heteroatoms. The standard InChI is InChI=1S/C32H32N2O3S/c1-22-17-19-24(20-18-22)38(36,37)34-21-27(23-11-5-3-6-12-23)30-25-13-9-10-15-28(25)33(2)32(30)31(34)26-14-7-4-8-16-29(26)35/h3,5-6,9-13,15,17-21,26,31H,4,7-8,14,16H2,1-2H3/t26-,31-/m1/s1. The van der Waals surface area contributed by atoms with Gasteiger partial charge in [0.15, 0.2) is 0 Å². The molecule has 0 saturated heterocycles. The summed E-state index contributed by atoms with van der Waals surface area (Å²) >= 11 is 0. The van der Waals surface area contributed by atoms with Crippen LogP contribution in [-0.4, -0.2) is 23.1 Å². The van der Waals surface area contributed by atoms with Crippen molar-refractivity contribution in [3.8, 4) is 0 Å². The maximum absolute atomic E-state index is 14.4. The minimum Gasteiger partial charge on any atom is -0.345 e. The summed E-state index contributed by atoms with van der Waals surface area (Å²) in [5.41, 5.74) is 5.73. The number of aromatic nitrogens is 1. The highest BCUT2D eigenvalue weighted by Crippen LogP contribution is 2.49. The summed E-state index contributed by atoms with van der Waals surface area (Å²) in [6.07, 6.45) is 5.74. The third-order valence-corrected chi connectivity index (χ3v) is 9.90.